The van der Waals surface area contributed by atoms with E-state index < -0.39 is 7.52 Å². The third-order valence-corrected chi connectivity index (χ3v) is 7.89. The maximum absolute atomic E-state index is 13.9. The number of hydrogen-bond acceptors (Lipinski definition) is 2. The molecule has 1 unspecified atom stereocenters. The Balaban J connectivity index is 1.72. The second kappa shape index (κ2) is 6.84. The Morgan fingerprint density at radius 1 is 0.958 bits per heavy atom. The molecular weight excluding hydrogens is 317 g/mol. The molecule has 24 heavy (non-hydrogen) atoms. The summed E-state index contributed by atoms with van der Waals surface area (Å²) >= 11 is 0. The van der Waals surface area contributed by atoms with Crippen LogP contribution in [0.25, 0.3) is 0 Å². The van der Waals surface area contributed by atoms with Gasteiger partial charge in [-0.1, -0.05) is 61.4 Å². The molecule has 0 aromatic heterocycles. The third kappa shape index (κ3) is 2.97. The summed E-state index contributed by atoms with van der Waals surface area (Å²) in [7, 11) is -3.00. The van der Waals surface area contributed by atoms with Crippen LogP contribution in [0.2, 0.25) is 0 Å². The van der Waals surface area contributed by atoms with Gasteiger partial charge in [-0.2, -0.15) is 0 Å². The minimum Gasteiger partial charge on any atom is -0.314 e. The molecule has 4 heteroatoms. The molecule has 2 fully saturated rings. The SMILES string of the molecule is O=P1(c2ccccc2)OC[C@@H]2CCCC[C@@H]2N1Cc1ccccc1. The topological polar surface area (TPSA) is 29.5 Å². The molecule has 0 radical (unpaired) electrons. The summed E-state index contributed by atoms with van der Waals surface area (Å²) in [6.07, 6.45) is 4.79. The molecule has 4 rings (SSSR count). The van der Waals surface area contributed by atoms with Crippen LogP contribution in [0.4, 0.5) is 0 Å². The molecule has 1 aliphatic heterocycles. The predicted molar refractivity (Wildman–Crippen MR) is 97.4 cm³/mol. The van der Waals surface area contributed by atoms with Crippen LogP contribution >= 0.6 is 7.52 Å². The van der Waals surface area contributed by atoms with Crippen LogP contribution in [0.5, 0.6) is 0 Å². The van der Waals surface area contributed by atoms with Crippen molar-refractivity contribution < 1.29 is 9.09 Å². The maximum Gasteiger partial charge on any atom is 0.302 e. The molecule has 0 bridgehead atoms. The van der Waals surface area contributed by atoms with Gasteiger partial charge in [-0.25, -0.2) is 4.67 Å². The minimum atomic E-state index is -3.00. The first-order valence-corrected chi connectivity index (χ1v) is 10.5. The predicted octanol–water partition coefficient (Wildman–Crippen LogP) is 4.60. The second-order valence-electron chi connectivity index (χ2n) is 6.85. The molecular formula is C20H24NO2P. The fourth-order valence-electron chi connectivity index (χ4n) is 4.06. The van der Waals surface area contributed by atoms with Gasteiger partial charge in [0.05, 0.1) is 11.9 Å². The summed E-state index contributed by atoms with van der Waals surface area (Å²) in [5.41, 5.74) is 1.20. The van der Waals surface area contributed by atoms with Gasteiger partial charge >= 0.3 is 7.52 Å². The summed E-state index contributed by atoms with van der Waals surface area (Å²) in [5.74, 6) is 0.508. The zero-order valence-corrected chi connectivity index (χ0v) is 14.8. The maximum atomic E-state index is 13.9. The lowest BCUT2D eigenvalue weighted by Crippen LogP contribution is -2.48. The van der Waals surface area contributed by atoms with Crippen LogP contribution in [-0.2, 0) is 15.6 Å². The van der Waals surface area contributed by atoms with E-state index in [9.17, 15) is 4.57 Å². The fraction of sp³-hybridized carbons (Fsp3) is 0.400. The highest BCUT2D eigenvalue weighted by atomic mass is 31.2. The van der Waals surface area contributed by atoms with Crippen LogP contribution in [-0.4, -0.2) is 17.3 Å². The average Bonchev–Trinajstić information content (AvgIpc) is 2.66. The molecule has 0 amide bonds. The normalized spacial score (nSPS) is 30.7. The summed E-state index contributed by atoms with van der Waals surface area (Å²) in [6, 6.07) is 20.5. The van der Waals surface area contributed by atoms with Crippen molar-refractivity contribution in [1.29, 1.82) is 0 Å². The van der Waals surface area contributed by atoms with Crippen molar-refractivity contribution in [2.24, 2.45) is 5.92 Å². The third-order valence-electron chi connectivity index (χ3n) is 5.32. The van der Waals surface area contributed by atoms with E-state index in [0.717, 1.165) is 11.7 Å². The molecule has 126 valence electrons. The Labute approximate surface area is 144 Å². The van der Waals surface area contributed by atoms with E-state index in [1.807, 2.05) is 48.5 Å². The highest BCUT2D eigenvalue weighted by molar-refractivity contribution is 7.64. The second-order valence-corrected chi connectivity index (χ2v) is 9.18. The first-order chi connectivity index (χ1) is 11.8. The molecule has 0 spiro atoms. The van der Waals surface area contributed by atoms with Gasteiger partial charge in [-0.15, -0.1) is 0 Å². The number of hydrogen-bond donors (Lipinski definition) is 0. The van der Waals surface area contributed by atoms with Gasteiger partial charge in [0.2, 0.25) is 0 Å². The highest BCUT2D eigenvalue weighted by Gasteiger charge is 2.46. The van der Waals surface area contributed by atoms with Gasteiger partial charge in [0, 0.05) is 12.6 Å². The van der Waals surface area contributed by atoms with Gasteiger partial charge in [0.25, 0.3) is 0 Å². The van der Waals surface area contributed by atoms with Crippen molar-refractivity contribution in [1.82, 2.24) is 4.67 Å². The largest absolute Gasteiger partial charge is 0.314 e. The molecule has 1 aliphatic carbocycles. The Bertz CT molecular complexity index is 719. The van der Waals surface area contributed by atoms with E-state index >= 15 is 0 Å². The first kappa shape index (κ1) is 16.1. The first-order valence-electron chi connectivity index (χ1n) is 8.88. The number of fused-ring (bicyclic) bond motifs is 1. The van der Waals surface area contributed by atoms with Gasteiger partial charge < -0.3 is 4.52 Å². The summed E-state index contributed by atoms with van der Waals surface area (Å²) in [4.78, 5) is 0. The van der Waals surface area contributed by atoms with Gasteiger partial charge in [0.15, 0.2) is 0 Å². The summed E-state index contributed by atoms with van der Waals surface area (Å²) < 4.78 is 22.2. The van der Waals surface area contributed by atoms with Crippen LogP contribution in [0, 0.1) is 5.92 Å². The van der Waals surface area contributed by atoms with Crippen molar-refractivity contribution in [2.75, 3.05) is 6.61 Å². The van der Waals surface area contributed by atoms with Gasteiger partial charge in [-0.3, -0.25) is 4.57 Å². The van der Waals surface area contributed by atoms with Crippen LogP contribution < -0.4 is 5.30 Å². The smallest absolute Gasteiger partial charge is 0.302 e. The highest BCUT2D eigenvalue weighted by Crippen LogP contribution is 2.58. The minimum absolute atomic E-state index is 0.360. The molecule has 1 heterocycles. The Morgan fingerprint density at radius 2 is 1.62 bits per heavy atom. The van der Waals surface area contributed by atoms with E-state index in [2.05, 4.69) is 16.8 Å². The molecule has 1 saturated carbocycles. The lowest BCUT2D eigenvalue weighted by atomic mass is 9.85. The van der Waals surface area contributed by atoms with Crippen molar-refractivity contribution in [3.05, 3.63) is 66.2 Å². The van der Waals surface area contributed by atoms with Gasteiger partial charge in [0.1, 0.15) is 0 Å². The van der Waals surface area contributed by atoms with Crippen LogP contribution in [0.3, 0.4) is 0 Å². The Kier molecular flexibility index (Phi) is 4.58. The Hall–Kier alpha value is -1.41. The van der Waals surface area contributed by atoms with Crippen LogP contribution in [0.1, 0.15) is 31.2 Å². The fourth-order valence-corrected chi connectivity index (χ4v) is 6.64. The van der Waals surface area contributed by atoms with Crippen molar-refractivity contribution in [3.63, 3.8) is 0 Å². The van der Waals surface area contributed by atoms with Gasteiger partial charge in [-0.05, 0) is 36.5 Å². The van der Waals surface area contributed by atoms with E-state index in [4.69, 9.17) is 4.52 Å². The molecule has 2 aromatic rings. The monoisotopic (exact) mass is 341 g/mol. The summed E-state index contributed by atoms with van der Waals surface area (Å²) in [6.45, 7) is 1.32. The molecule has 1 saturated heterocycles. The lowest BCUT2D eigenvalue weighted by Gasteiger charge is -2.47. The van der Waals surface area contributed by atoms with Crippen molar-refractivity contribution in [2.45, 2.75) is 38.3 Å². The van der Waals surface area contributed by atoms with E-state index in [-0.39, 0.29) is 0 Å². The number of rotatable bonds is 3. The number of nitrogens with zero attached hydrogens (tertiary/aromatic N) is 1. The zero-order chi connectivity index (χ0) is 16.4. The standard InChI is InChI=1S/C20H24NO2P/c22-24(19-12-5-2-6-13-19)21(15-17-9-3-1-4-10-17)20-14-8-7-11-18(20)16-23-24/h1-6,9-10,12-13,18,20H,7-8,11,14-16H2/t18-,20-,24?/m0/s1. The van der Waals surface area contributed by atoms with Crippen molar-refractivity contribution in [3.8, 4) is 0 Å². The molecule has 2 aromatic carbocycles. The quantitative estimate of drug-likeness (QED) is 0.765. The summed E-state index contributed by atoms with van der Waals surface area (Å²) in [5, 5.41) is 0.824. The molecule has 3 nitrogen and oxygen atoms in total. The molecule has 3 atom stereocenters. The zero-order valence-electron chi connectivity index (χ0n) is 13.9. The van der Waals surface area contributed by atoms with Crippen LogP contribution in [0.15, 0.2) is 60.7 Å². The molecule has 2 aliphatic rings. The van der Waals surface area contributed by atoms with Crippen molar-refractivity contribution >= 4 is 12.8 Å². The number of benzene rings is 2. The van der Waals surface area contributed by atoms with E-state index in [1.54, 1.807) is 0 Å². The Morgan fingerprint density at radius 3 is 2.38 bits per heavy atom. The lowest BCUT2D eigenvalue weighted by molar-refractivity contribution is 0.0669. The van der Waals surface area contributed by atoms with E-state index in [0.29, 0.717) is 25.1 Å². The average molecular weight is 341 g/mol. The molecule has 0 N–H and O–H groups in total. The van der Waals surface area contributed by atoms with E-state index in [1.165, 1.54) is 24.8 Å².